The molecule has 1 aliphatic rings. The fourth-order valence-electron chi connectivity index (χ4n) is 1.98. The fourth-order valence-corrected chi connectivity index (χ4v) is 2.31. The van der Waals surface area contributed by atoms with Crippen molar-refractivity contribution < 1.29 is 5.11 Å². The van der Waals surface area contributed by atoms with Crippen LogP contribution in [0.5, 0.6) is 0 Å². The van der Waals surface area contributed by atoms with Crippen molar-refractivity contribution in [1.29, 1.82) is 0 Å². The normalized spacial score (nSPS) is 18.6. The SMILES string of the molecule is O=c1[nH]ncc(NCC2(O)CCCC2)c1Br. The first-order valence-electron chi connectivity index (χ1n) is 5.30. The highest BCUT2D eigenvalue weighted by Crippen LogP contribution is 2.30. The summed E-state index contributed by atoms with van der Waals surface area (Å²) in [5.74, 6) is 0. The quantitative estimate of drug-likeness (QED) is 0.782. The lowest BCUT2D eigenvalue weighted by atomic mass is 10.0. The van der Waals surface area contributed by atoms with Gasteiger partial charge in [0.1, 0.15) is 4.47 Å². The number of nitrogens with one attached hydrogen (secondary N) is 2. The second-order valence-electron chi connectivity index (χ2n) is 4.21. The molecule has 3 N–H and O–H groups in total. The van der Waals surface area contributed by atoms with Gasteiger partial charge in [-0.25, -0.2) is 5.10 Å². The molecule has 0 unspecified atom stereocenters. The van der Waals surface area contributed by atoms with Gasteiger partial charge in [-0.05, 0) is 28.8 Å². The molecule has 0 spiro atoms. The van der Waals surface area contributed by atoms with Gasteiger partial charge in [-0.2, -0.15) is 5.10 Å². The topological polar surface area (TPSA) is 78.0 Å². The van der Waals surface area contributed by atoms with Gasteiger partial charge in [-0.15, -0.1) is 0 Å². The van der Waals surface area contributed by atoms with E-state index in [0.29, 0.717) is 16.7 Å². The van der Waals surface area contributed by atoms with Crippen molar-refractivity contribution in [1.82, 2.24) is 10.2 Å². The summed E-state index contributed by atoms with van der Waals surface area (Å²) >= 11 is 3.18. The van der Waals surface area contributed by atoms with E-state index in [1.54, 1.807) is 0 Å². The van der Waals surface area contributed by atoms with Crippen molar-refractivity contribution in [2.45, 2.75) is 31.3 Å². The van der Waals surface area contributed by atoms with Crippen LogP contribution in [0.25, 0.3) is 0 Å². The van der Waals surface area contributed by atoms with Crippen LogP contribution < -0.4 is 10.9 Å². The van der Waals surface area contributed by atoms with Crippen molar-refractivity contribution in [3.63, 3.8) is 0 Å². The lowest BCUT2D eigenvalue weighted by Crippen LogP contribution is -2.34. The summed E-state index contributed by atoms with van der Waals surface area (Å²) in [7, 11) is 0. The Balaban J connectivity index is 2.04. The second kappa shape index (κ2) is 4.55. The van der Waals surface area contributed by atoms with E-state index in [4.69, 9.17) is 0 Å². The van der Waals surface area contributed by atoms with Gasteiger partial charge in [0.25, 0.3) is 5.56 Å². The first kappa shape index (κ1) is 11.6. The monoisotopic (exact) mass is 287 g/mol. The van der Waals surface area contributed by atoms with E-state index in [1.165, 1.54) is 6.20 Å². The number of aromatic nitrogens is 2. The average Bonchev–Trinajstić information content (AvgIpc) is 2.68. The molecule has 1 heterocycles. The van der Waals surface area contributed by atoms with Crippen LogP contribution in [0.15, 0.2) is 15.5 Å². The van der Waals surface area contributed by atoms with E-state index in [-0.39, 0.29) is 5.56 Å². The Morgan fingerprint density at radius 2 is 2.25 bits per heavy atom. The molecule has 0 bridgehead atoms. The van der Waals surface area contributed by atoms with Crippen LogP contribution in [0, 0.1) is 0 Å². The van der Waals surface area contributed by atoms with E-state index < -0.39 is 5.60 Å². The predicted molar refractivity (Wildman–Crippen MR) is 64.5 cm³/mol. The second-order valence-corrected chi connectivity index (χ2v) is 5.00. The number of halogens is 1. The summed E-state index contributed by atoms with van der Waals surface area (Å²) in [5.41, 5.74) is -0.297. The molecule has 6 heteroatoms. The molecule has 88 valence electrons. The lowest BCUT2D eigenvalue weighted by molar-refractivity contribution is 0.0614. The van der Waals surface area contributed by atoms with E-state index in [9.17, 15) is 9.90 Å². The summed E-state index contributed by atoms with van der Waals surface area (Å²) in [6, 6.07) is 0. The van der Waals surface area contributed by atoms with Crippen LogP contribution >= 0.6 is 15.9 Å². The van der Waals surface area contributed by atoms with Crippen LogP contribution in [0.4, 0.5) is 5.69 Å². The summed E-state index contributed by atoms with van der Waals surface area (Å²) in [6.45, 7) is 0.455. The zero-order valence-electron chi connectivity index (χ0n) is 8.79. The van der Waals surface area contributed by atoms with Crippen molar-refractivity contribution in [3.8, 4) is 0 Å². The van der Waals surface area contributed by atoms with Crippen molar-refractivity contribution >= 4 is 21.6 Å². The standard InChI is InChI=1S/C10H14BrN3O2/c11-8-7(5-13-14-9(8)15)12-6-10(16)3-1-2-4-10/h5,16H,1-4,6H2,(H2,12,14,15). The highest BCUT2D eigenvalue weighted by atomic mass is 79.9. The van der Waals surface area contributed by atoms with Crippen molar-refractivity contribution in [2.24, 2.45) is 0 Å². The molecule has 1 aliphatic carbocycles. The third kappa shape index (κ3) is 2.44. The van der Waals surface area contributed by atoms with E-state index >= 15 is 0 Å². The third-order valence-corrected chi connectivity index (χ3v) is 3.73. The molecule has 1 fully saturated rings. The van der Waals surface area contributed by atoms with Gasteiger partial charge in [0.15, 0.2) is 0 Å². The zero-order valence-corrected chi connectivity index (χ0v) is 10.4. The molecule has 2 rings (SSSR count). The van der Waals surface area contributed by atoms with Gasteiger partial charge < -0.3 is 10.4 Å². The van der Waals surface area contributed by atoms with E-state index in [2.05, 4.69) is 31.4 Å². The molecule has 1 aromatic rings. The Hall–Kier alpha value is -0.880. The van der Waals surface area contributed by atoms with Gasteiger partial charge in [-0.1, -0.05) is 12.8 Å². The minimum Gasteiger partial charge on any atom is -0.388 e. The molecule has 0 aliphatic heterocycles. The largest absolute Gasteiger partial charge is 0.388 e. The van der Waals surface area contributed by atoms with Gasteiger partial charge in [0.05, 0.1) is 17.5 Å². The minimum absolute atomic E-state index is 0.275. The van der Waals surface area contributed by atoms with E-state index in [0.717, 1.165) is 25.7 Å². The van der Waals surface area contributed by atoms with Crippen LogP contribution in [0.1, 0.15) is 25.7 Å². The summed E-state index contributed by atoms with van der Waals surface area (Å²) in [6.07, 6.45) is 5.28. The fraction of sp³-hybridized carbons (Fsp3) is 0.600. The third-order valence-electron chi connectivity index (χ3n) is 2.94. The highest BCUT2D eigenvalue weighted by Gasteiger charge is 2.30. The molecule has 1 aromatic heterocycles. The molecule has 5 nitrogen and oxygen atoms in total. The molecule has 0 radical (unpaired) electrons. The maximum atomic E-state index is 11.2. The first-order valence-corrected chi connectivity index (χ1v) is 6.09. The smallest absolute Gasteiger partial charge is 0.280 e. The van der Waals surface area contributed by atoms with Crippen molar-refractivity contribution in [2.75, 3.05) is 11.9 Å². The number of rotatable bonds is 3. The van der Waals surface area contributed by atoms with Gasteiger partial charge in [0.2, 0.25) is 0 Å². The lowest BCUT2D eigenvalue weighted by Gasteiger charge is -2.23. The molecule has 0 amide bonds. The number of hydrogen-bond donors (Lipinski definition) is 3. The highest BCUT2D eigenvalue weighted by molar-refractivity contribution is 9.10. The maximum Gasteiger partial charge on any atom is 0.280 e. The number of H-pyrrole nitrogens is 1. The van der Waals surface area contributed by atoms with Crippen LogP contribution in [-0.2, 0) is 0 Å². The summed E-state index contributed by atoms with van der Waals surface area (Å²) in [5, 5.41) is 19.2. The molecule has 0 aromatic carbocycles. The van der Waals surface area contributed by atoms with Crippen molar-refractivity contribution in [3.05, 3.63) is 21.0 Å². The predicted octanol–water partition coefficient (Wildman–Crippen LogP) is 1.25. The van der Waals surface area contributed by atoms with E-state index in [1.807, 2.05) is 0 Å². The Bertz CT molecular complexity index is 426. The Kier molecular flexibility index (Phi) is 3.30. The molecule has 16 heavy (non-hydrogen) atoms. The first-order chi connectivity index (χ1) is 7.61. The molecule has 0 atom stereocenters. The van der Waals surface area contributed by atoms with Gasteiger partial charge >= 0.3 is 0 Å². The summed E-state index contributed by atoms with van der Waals surface area (Å²) in [4.78, 5) is 11.2. The zero-order chi connectivity index (χ0) is 11.6. The summed E-state index contributed by atoms with van der Waals surface area (Å²) < 4.78 is 0.420. The van der Waals surface area contributed by atoms with Crippen LogP contribution in [-0.4, -0.2) is 27.4 Å². The number of hydrogen-bond acceptors (Lipinski definition) is 4. The molecule has 1 saturated carbocycles. The Labute approximate surface area is 101 Å². The Morgan fingerprint density at radius 1 is 1.56 bits per heavy atom. The molecular weight excluding hydrogens is 274 g/mol. The van der Waals surface area contributed by atoms with Crippen LogP contribution in [0.3, 0.4) is 0 Å². The number of aromatic amines is 1. The Morgan fingerprint density at radius 3 is 2.94 bits per heavy atom. The maximum absolute atomic E-state index is 11.2. The average molecular weight is 288 g/mol. The number of anilines is 1. The van der Waals surface area contributed by atoms with Gasteiger partial charge in [0, 0.05) is 6.54 Å². The number of aliphatic hydroxyl groups is 1. The van der Waals surface area contributed by atoms with Gasteiger partial charge in [-0.3, -0.25) is 4.79 Å². The molecular formula is C10H14BrN3O2. The molecule has 0 saturated heterocycles. The number of nitrogens with zero attached hydrogens (tertiary/aromatic N) is 1. The van der Waals surface area contributed by atoms with Crippen LogP contribution in [0.2, 0.25) is 0 Å². The minimum atomic E-state index is -0.637.